The second-order valence-corrected chi connectivity index (χ2v) is 6.17. The molecule has 0 aliphatic heterocycles. The molecule has 2 nitrogen and oxygen atoms in total. The Morgan fingerprint density at radius 3 is 2.30 bits per heavy atom. The molecule has 0 bridgehead atoms. The Hall–Kier alpha value is -1.06. The minimum absolute atomic E-state index is 0.184. The second kappa shape index (κ2) is 6.15. The summed E-state index contributed by atoms with van der Waals surface area (Å²) in [5, 5.41) is 3.58. The van der Waals surface area contributed by atoms with Crippen LogP contribution in [0.3, 0.4) is 0 Å². The lowest BCUT2D eigenvalue weighted by atomic mass is 9.93. The van der Waals surface area contributed by atoms with Gasteiger partial charge in [0.2, 0.25) is 0 Å². The van der Waals surface area contributed by atoms with Crippen molar-refractivity contribution < 1.29 is 4.42 Å². The highest BCUT2D eigenvalue weighted by molar-refractivity contribution is 9.10. The molecule has 0 saturated heterocycles. The van der Waals surface area contributed by atoms with Gasteiger partial charge in [-0.1, -0.05) is 28.9 Å². The van der Waals surface area contributed by atoms with E-state index in [2.05, 4.69) is 60.2 Å². The fraction of sp³-hybridized carbons (Fsp3) is 0.412. The highest BCUT2D eigenvalue weighted by Crippen LogP contribution is 2.32. The van der Waals surface area contributed by atoms with E-state index in [0.29, 0.717) is 0 Å². The van der Waals surface area contributed by atoms with Gasteiger partial charge in [-0.3, -0.25) is 0 Å². The molecular weight excluding hydrogens is 314 g/mol. The summed E-state index contributed by atoms with van der Waals surface area (Å²) in [6, 6.07) is 6.77. The summed E-state index contributed by atoms with van der Waals surface area (Å²) in [5.41, 5.74) is 5.09. The molecule has 1 aromatic carbocycles. The van der Waals surface area contributed by atoms with Crippen LogP contribution in [0.15, 0.2) is 27.1 Å². The zero-order valence-corrected chi connectivity index (χ0v) is 14.4. The number of hydrogen-bond donors (Lipinski definition) is 1. The van der Waals surface area contributed by atoms with E-state index in [1.165, 1.54) is 22.3 Å². The first kappa shape index (κ1) is 15.3. The Kier molecular flexibility index (Phi) is 4.71. The maximum absolute atomic E-state index is 5.71. The van der Waals surface area contributed by atoms with E-state index in [4.69, 9.17) is 4.42 Å². The van der Waals surface area contributed by atoms with E-state index in [-0.39, 0.29) is 6.04 Å². The van der Waals surface area contributed by atoms with Crippen LogP contribution in [0.1, 0.15) is 46.7 Å². The summed E-state index contributed by atoms with van der Waals surface area (Å²) < 4.78 is 6.87. The predicted molar refractivity (Wildman–Crippen MR) is 87.3 cm³/mol. The summed E-state index contributed by atoms with van der Waals surface area (Å²) in [6.07, 6.45) is 0. The van der Waals surface area contributed by atoms with Crippen LogP contribution in [-0.2, 0) is 0 Å². The molecule has 1 aromatic heterocycles. The lowest BCUT2D eigenvalue weighted by molar-refractivity contribution is 0.495. The molecule has 3 heteroatoms. The van der Waals surface area contributed by atoms with E-state index < -0.39 is 0 Å². The molecule has 1 heterocycles. The van der Waals surface area contributed by atoms with Gasteiger partial charge in [0, 0.05) is 10.0 Å². The second-order valence-electron chi connectivity index (χ2n) is 5.32. The maximum atomic E-state index is 5.71. The number of hydrogen-bond acceptors (Lipinski definition) is 2. The fourth-order valence-electron chi connectivity index (χ4n) is 2.64. The maximum Gasteiger partial charge on any atom is 0.106 e. The molecule has 0 aliphatic rings. The molecule has 0 amide bonds. The monoisotopic (exact) mass is 335 g/mol. The summed E-state index contributed by atoms with van der Waals surface area (Å²) in [4.78, 5) is 0. The van der Waals surface area contributed by atoms with Crippen molar-refractivity contribution in [3.05, 3.63) is 56.4 Å². The molecule has 0 saturated carbocycles. The quantitative estimate of drug-likeness (QED) is 0.852. The van der Waals surface area contributed by atoms with Gasteiger partial charge < -0.3 is 9.73 Å². The molecule has 20 heavy (non-hydrogen) atoms. The molecule has 2 rings (SSSR count). The van der Waals surface area contributed by atoms with Crippen molar-refractivity contribution >= 4 is 15.9 Å². The smallest absolute Gasteiger partial charge is 0.106 e. The summed E-state index contributed by atoms with van der Waals surface area (Å²) in [7, 11) is 0. The number of aryl methyl sites for hydroxylation is 4. The van der Waals surface area contributed by atoms with E-state index in [9.17, 15) is 0 Å². The normalized spacial score (nSPS) is 12.7. The lowest BCUT2D eigenvalue weighted by Gasteiger charge is -2.21. The van der Waals surface area contributed by atoms with Crippen LogP contribution in [0.5, 0.6) is 0 Å². The van der Waals surface area contributed by atoms with Crippen molar-refractivity contribution in [3.8, 4) is 0 Å². The third kappa shape index (κ3) is 2.99. The largest absolute Gasteiger partial charge is 0.466 e. The van der Waals surface area contributed by atoms with Gasteiger partial charge in [-0.25, -0.2) is 0 Å². The number of rotatable bonds is 4. The average molecular weight is 336 g/mol. The third-order valence-corrected chi connectivity index (χ3v) is 4.51. The zero-order chi connectivity index (χ0) is 14.9. The molecule has 0 radical (unpaired) electrons. The first-order chi connectivity index (χ1) is 9.43. The fourth-order valence-corrected chi connectivity index (χ4v) is 3.10. The van der Waals surface area contributed by atoms with Crippen molar-refractivity contribution in [1.82, 2.24) is 5.32 Å². The highest BCUT2D eigenvalue weighted by atomic mass is 79.9. The van der Waals surface area contributed by atoms with Crippen LogP contribution in [0.25, 0.3) is 0 Å². The van der Waals surface area contributed by atoms with E-state index in [1.807, 2.05) is 13.8 Å². The molecular formula is C17H22BrNO. The SMILES string of the molecule is CCNC(c1cc(C)c(Br)cc1C)c1cc(C)oc1C. The molecule has 0 aliphatic carbocycles. The Balaban J connectivity index is 2.54. The number of nitrogens with one attached hydrogen (secondary N) is 1. The minimum Gasteiger partial charge on any atom is -0.466 e. The van der Waals surface area contributed by atoms with Gasteiger partial charge in [0.05, 0.1) is 6.04 Å². The number of benzene rings is 1. The summed E-state index contributed by atoms with van der Waals surface area (Å²) >= 11 is 3.60. The molecule has 1 N–H and O–H groups in total. The van der Waals surface area contributed by atoms with Crippen LogP contribution in [0.2, 0.25) is 0 Å². The molecule has 0 spiro atoms. The standard InChI is InChI=1S/C17H22BrNO/c1-6-19-17(15-9-12(4)20-13(15)5)14-7-11(3)16(18)8-10(14)2/h7-9,17,19H,6H2,1-5H3. The van der Waals surface area contributed by atoms with Crippen LogP contribution in [-0.4, -0.2) is 6.54 Å². The van der Waals surface area contributed by atoms with Gasteiger partial charge in [0.1, 0.15) is 11.5 Å². The molecule has 2 aromatic rings. The number of halogens is 1. The van der Waals surface area contributed by atoms with Gasteiger partial charge in [-0.05, 0) is 63.1 Å². The van der Waals surface area contributed by atoms with Crippen molar-refractivity contribution in [2.24, 2.45) is 0 Å². The Bertz CT molecular complexity index is 616. The van der Waals surface area contributed by atoms with E-state index in [1.54, 1.807) is 0 Å². The van der Waals surface area contributed by atoms with Crippen LogP contribution >= 0.6 is 15.9 Å². The van der Waals surface area contributed by atoms with Crippen molar-refractivity contribution in [1.29, 1.82) is 0 Å². The first-order valence-electron chi connectivity index (χ1n) is 7.01. The predicted octanol–water partition coefficient (Wildman–Crippen LogP) is 4.97. The van der Waals surface area contributed by atoms with Gasteiger partial charge in [-0.15, -0.1) is 0 Å². The Labute approximate surface area is 129 Å². The molecule has 1 atom stereocenters. The van der Waals surface area contributed by atoms with Crippen molar-refractivity contribution in [3.63, 3.8) is 0 Å². The highest BCUT2D eigenvalue weighted by Gasteiger charge is 2.20. The first-order valence-corrected chi connectivity index (χ1v) is 7.80. The van der Waals surface area contributed by atoms with Gasteiger partial charge >= 0.3 is 0 Å². The zero-order valence-electron chi connectivity index (χ0n) is 12.8. The van der Waals surface area contributed by atoms with Crippen LogP contribution < -0.4 is 5.32 Å². The van der Waals surface area contributed by atoms with E-state index in [0.717, 1.165) is 22.5 Å². The Morgan fingerprint density at radius 1 is 1.05 bits per heavy atom. The minimum atomic E-state index is 0.184. The van der Waals surface area contributed by atoms with E-state index >= 15 is 0 Å². The van der Waals surface area contributed by atoms with Crippen LogP contribution in [0.4, 0.5) is 0 Å². The third-order valence-electron chi connectivity index (χ3n) is 3.66. The molecule has 108 valence electrons. The topological polar surface area (TPSA) is 25.2 Å². The molecule has 0 fully saturated rings. The van der Waals surface area contributed by atoms with Crippen LogP contribution in [0, 0.1) is 27.7 Å². The van der Waals surface area contributed by atoms with Crippen molar-refractivity contribution in [2.45, 2.75) is 40.7 Å². The van der Waals surface area contributed by atoms with Gasteiger partial charge in [-0.2, -0.15) is 0 Å². The average Bonchev–Trinajstić information content (AvgIpc) is 2.70. The van der Waals surface area contributed by atoms with Gasteiger partial charge in [0.25, 0.3) is 0 Å². The summed E-state index contributed by atoms with van der Waals surface area (Å²) in [6.45, 7) is 11.4. The Morgan fingerprint density at radius 2 is 1.75 bits per heavy atom. The summed E-state index contributed by atoms with van der Waals surface area (Å²) in [5.74, 6) is 1.96. The lowest BCUT2D eigenvalue weighted by Crippen LogP contribution is -2.23. The number of furan rings is 1. The molecule has 1 unspecified atom stereocenters. The van der Waals surface area contributed by atoms with Crippen molar-refractivity contribution in [2.75, 3.05) is 6.54 Å². The van der Waals surface area contributed by atoms with Gasteiger partial charge in [0.15, 0.2) is 0 Å².